The average Bonchev–Trinajstić information content (AvgIpc) is 3.08. The van der Waals surface area contributed by atoms with Gasteiger partial charge < -0.3 is 20.5 Å². The van der Waals surface area contributed by atoms with E-state index in [2.05, 4.69) is 16.8 Å². The number of hydrogen-bond donors (Lipinski definition) is 2. The molecule has 0 spiro atoms. The minimum atomic E-state index is -0.200. The Morgan fingerprint density at radius 3 is 2.90 bits per heavy atom. The van der Waals surface area contributed by atoms with Crippen molar-refractivity contribution in [2.75, 3.05) is 12.5 Å². The van der Waals surface area contributed by atoms with Crippen molar-refractivity contribution in [3.05, 3.63) is 40.1 Å². The molecule has 1 unspecified atom stereocenters. The third-order valence-electron chi connectivity index (χ3n) is 3.29. The Bertz CT molecular complexity index is 655. The number of benzene rings is 1. The summed E-state index contributed by atoms with van der Waals surface area (Å²) >= 11 is 1.65. The van der Waals surface area contributed by atoms with Gasteiger partial charge in [0.1, 0.15) is 0 Å². The van der Waals surface area contributed by atoms with E-state index in [1.165, 1.54) is 5.56 Å². The highest BCUT2D eigenvalue weighted by molar-refractivity contribution is 7.07. The molecular formula is C15H16N2O3S. The first-order chi connectivity index (χ1) is 10.1. The number of carbonyl (C=O) groups is 1. The largest absolute Gasteiger partial charge is 0.454 e. The number of fused-ring (bicyclic) bond motifs is 1. The molecule has 0 saturated carbocycles. The lowest BCUT2D eigenvalue weighted by atomic mass is 10.1. The maximum atomic E-state index is 12.3. The molecule has 3 N–H and O–H groups in total. The number of ether oxygens (including phenoxy) is 2. The van der Waals surface area contributed by atoms with Crippen molar-refractivity contribution in [2.24, 2.45) is 0 Å². The van der Waals surface area contributed by atoms with Gasteiger partial charge in [-0.3, -0.25) is 4.79 Å². The predicted octanol–water partition coefficient (Wildman–Crippen LogP) is 2.42. The zero-order valence-electron chi connectivity index (χ0n) is 11.6. The Kier molecular flexibility index (Phi) is 3.70. The van der Waals surface area contributed by atoms with Crippen molar-refractivity contribution in [1.29, 1.82) is 0 Å². The molecule has 0 fully saturated rings. The fraction of sp³-hybridized carbons (Fsp3) is 0.267. The molecule has 2 heterocycles. The molecule has 1 atom stereocenters. The molecule has 0 aliphatic carbocycles. The molecule has 5 nitrogen and oxygen atoms in total. The van der Waals surface area contributed by atoms with Crippen LogP contribution in [0.1, 0.15) is 22.8 Å². The summed E-state index contributed by atoms with van der Waals surface area (Å²) in [6.45, 7) is 2.13. The molecule has 1 aromatic carbocycles. The maximum absolute atomic E-state index is 12.3. The van der Waals surface area contributed by atoms with Gasteiger partial charge in [0.2, 0.25) is 6.79 Å². The third-order valence-corrected chi connectivity index (χ3v) is 4.02. The lowest BCUT2D eigenvalue weighted by Crippen LogP contribution is -2.34. The second-order valence-electron chi connectivity index (χ2n) is 5.00. The van der Waals surface area contributed by atoms with E-state index >= 15 is 0 Å². The maximum Gasteiger partial charge on any atom is 0.253 e. The summed E-state index contributed by atoms with van der Waals surface area (Å²) in [4.78, 5) is 12.3. The summed E-state index contributed by atoms with van der Waals surface area (Å²) in [6.07, 6.45) is 0.791. The number of nitrogens with two attached hydrogens (primary N) is 1. The molecule has 2 aromatic rings. The molecule has 3 rings (SSSR count). The lowest BCUT2D eigenvalue weighted by Gasteiger charge is -2.14. The molecule has 21 heavy (non-hydrogen) atoms. The summed E-state index contributed by atoms with van der Waals surface area (Å²) in [5.74, 6) is 0.934. The summed E-state index contributed by atoms with van der Waals surface area (Å²) in [7, 11) is 0. The number of hydrogen-bond acceptors (Lipinski definition) is 5. The van der Waals surface area contributed by atoms with Crippen molar-refractivity contribution in [1.82, 2.24) is 5.32 Å². The van der Waals surface area contributed by atoms with Gasteiger partial charge in [-0.25, -0.2) is 0 Å². The number of amides is 1. The molecular weight excluding hydrogens is 288 g/mol. The minimum Gasteiger partial charge on any atom is -0.454 e. The summed E-state index contributed by atoms with van der Waals surface area (Å²) in [5, 5.41) is 7.06. The molecule has 1 aliphatic heterocycles. The van der Waals surface area contributed by atoms with Crippen LogP contribution in [0.5, 0.6) is 11.5 Å². The SMILES string of the molecule is CC(Cc1ccsc1)NC(=O)c1cc2c(cc1N)OCO2. The first-order valence-electron chi connectivity index (χ1n) is 6.64. The molecule has 6 heteroatoms. The van der Waals surface area contributed by atoms with Crippen molar-refractivity contribution < 1.29 is 14.3 Å². The zero-order valence-corrected chi connectivity index (χ0v) is 12.4. The van der Waals surface area contributed by atoms with Crippen LogP contribution in [-0.4, -0.2) is 18.7 Å². The Balaban J connectivity index is 1.70. The number of nitrogens with one attached hydrogen (secondary N) is 1. The highest BCUT2D eigenvalue weighted by Gasteiger charge is 2.20. The van der Waals surface area contributed by atoms with Crippen LogP contribution in [0.25, 0.3) is 0 Å². The van der Waals surface area contributed by atoms with Crippen molar-refractivity contribution in [3.8, 4) is 11.5 Å². The lowest BCUT2D eigenvalue weighted by molar-refractivity contribution is 0.0940. The molecule has 0 saturated heterocycles. The van der Waals surface area contributed by atoms with Gasteiger partial charge >= 0.3 is 0 Å². The Hall–Kier alpha value is -2.21. The predicted molar refractivity (Wildman–Crippen MR) is 81.9 cm³/mol. The second kappa shape index (κ2) is 5.65. The van der Waals surface area contributed by atoms with Crippen LogP contribution in [0.4, 0.5) is 5.69 Å². The summed E-state index contributed by atoms with van der Waals surface area (Å²) in [6, 6.07) is 5.34. The van der Waals surface area contributed by atoms with Crippen LogP contribution in [0, 0.1) is 0 Å². The second-order valence-corrected chi connectivity index (χ2v) is 5.78. The Morgan fingerprint density at radius 1 is 1.43 bits per heavy atom. The summed E-state index contributed by atoms with van der Waals surface area (Å²) in [5.41, 5.74) is 7.93. The van der Waals surface area contributed by atoms with Crippen LogP contribution in [0.2, 0.25) is 0 Å². The fourth-order valence-corrected chi connectivity index (χ4v) is 2.95. The van der Waals surface area contributed by atoms with E-state index < -0.39 is 0 Å². The van der Waals surface area contributed by atoms with Gasteiger partial charge in [0.05, 0.1) is 5.56 Å². The van der Waals surface area contributed by atoms with Crippen LogP contribution >= 0.6 is 11.3 Å². The van der Waals surface area contributed by atoms with Gasteiger partial charge in [-0.05, 0) is 41.8 Å². The first-order valence-corrected chi connectivity index (χ1v) is 7.59. The van der Waals surface area contributed by atoms with E-state index in [-0.39, 0.29) is 18.7 Å². The van der Waals surface area contributed by atoms with Crippen LogP contribution in [-0.2, 0) is 6.42 Å². The van der Waals surface area contributed by atoms with Crippen molar-refractivity contribution in [3.63, 3.8) is 0 Å². The fourth-order valence-electron chi connectivity index (χ4n) is 2.27. The standard InChI is InChI=1S/C15H16N2O3S/c1-9(4-10-2-3-21-7-10)17-15(18)11-5-13-14(6-12(11)16)20-8-19-13/h2-3,5-7,9H,4,8,16H2,1H3,(H,17,18). The number of anilines is 1. The molecule has 1 amide bonds. The van der Waals surface area contributed by atoms with E-state index in [1.807, 2.05) is 12.3 Å². The van der Waals surface area contributed by atoms with E-state index in [0.717, 1.165) is 6.42 Å². The van der Waals surface area contributed by atoms with Crippen LogP contribution in [0.15, 0.2) is 29.0 Å². The van der Waals surface area contributed by atoms with Gasteiger partial charge in [-0.2, -0.15) is 11.3 Å². The van der Waals surface area contributed by atoms with Gasteiger partial charge in [0, 0.05) is 17.8 Å². The smallest absolute Gasteiger partial charge is 0.253 e. The minimum absolute atomic E-state index is 0.0249. The highest BCUT2D eigenvalue weighted by Crippen LogP contribution is 2.35. The van der Waals surface area contributed by atoms with Gasteiger partial charge in [-0.15, -0.1) is 0 Å². The van der Waals surface area contributed by atoms with Crippen molar-refractivity contribution >= 4 is 22.9 Å². The van der Waals surface area contributed by atoms with E-state index in [1.54, 1.807) is 23.5 Å². The number of carbonyl (C=O) groups excluding carboxylic acids is 1. The number of rotatable bonds is 4. The van der Waals surface area contributed by atoms with Crippen molar-refractivity contribution in [2.45, 2.75) is 19.4 Å². The van der Waals surface area contributed by atoms with Gasteiger partial charge in [0.15, 0.2) is 11.5 Å². The number of nitrogen functional groups attached to an aromatic ring is 1. The van der Waals surface area contributed by atoms with Gasteiger partial charge in [-0.1, -0.05) is 0 Å². The average molecular weight is 304 g/mol. The first kappa shape index (κ1) is 13.8. The molecule has 1 aliphatic rings. The van der Waals surface area contributed by atoms with Crippen LogP contribution in [0.3, 0.4) is 0 Å². The van der Waals surface area contributed by atoms with E-state index in [4.69, 9.17) is 15.2 Å². The molecule has 0 radical (unpaired) electrons. The van der Waals surface area contributed by atoms with E-state index in [9.17, 15) is 4.79 Å². The third kappa shape index (κ3) is 2.95. The monoisotopic (exact) mass is 304 g/mol. The summed E-state index contributed by atoms with van der Waals surface area (Å²) < 4.78 is 10.5. The van der Waals surface area contributed by atoms with E-state index in [0.29, 0.717) is 22.7 Å². The van der Waals surface area contributed by atoms with Crippen LogP contribution < -0.4 is 20.5 Å². The highest BCUT2D eigenvalue weighted by atomic mass is 32.1. The quantitative estimate of drug-likeness (QED) is 0.851. The topological polar surface area (TPSA) is 73.6 Å². The number of thiophene rings is 1. The molecule has 0 bridgehead atoms. The molecule has 110 valence electrons. The van der Waals surface area contributed by atoms with Gasteiger partial charge in [0.25, 0.3) is 5.91 Å². The Labute approximate surface area is 126 Å². The molecule has 1 aromatic heterocycles. The normalized spacial score (nSPS) is 14.0. The Morgan fingerprint density at radius 2 is 2.19 bits per heavy atom. The zero-order chi connectivity index (χ0) is 14.8.